The lowest BCUT2D eigenvalue weighted by molar-refractivity contribution is -0.124. The standard InChI is InChI=1S/C20H21NO5/c1-13-4-7-17(10-14(13)2)20(24)26-12-18(22)21-11-15-5-8-16(9-6-15)19(23)25-3/h4-10H,11-12H2,1-3H3,(H,21,22). The van der Waals surface area contributed by atoms with Gasteiger partial charge in [0.1, 0.15) is 0 Å². The van der Waals surface area contributed by atoms with Crippen LogP contribution in [0.3, 0.4) is 0 Å². The molecule has 0 fully saturated rings. The molecule has 0 unspecified atom stereocenters. The van der Waals surface area contributed by atoms with Crippen LogP contribution in [0.1, 0.15) is 37.4 Å². The molecule has 0 saturated carbocycles. The minimum Gasteiger partial charge on any atom is -0.465 e. The van der Waals surface area contributed by atoms with Gasteiger partial charge < -0.3 is 14.8 Å². The number of hydrogen-bond acceptors (Lipinski definition) is 5. The number of rotatable bonds is 6. The fraction of sp³-hybridized carbons (Fsp3) is 0.250. The number of benzene rings is 2. The Hall–Kier alpha value is -3.15. The van der Waals surface area contributed by atoms with Gasteiger partial charge in [-0.05, 0) is 54.8 Å². The third-order valence-electron chi connectivity index (χ3n) is 3.94. The van der Waals surface area contributed by atoms with Gasteiger partial charge in [-0.1, -0.05) is 18.2 Å². The van der Waals surface area contributed by atoms with Crippen molar-refractivity contribution in [1.29, 1.82) is 0 Å². The van der Waals surface area contributed by atoms with E-state index in [0.29, 0.717) is 11.1 Å². The lowest BCUT2D eigenvalue weighted by Crippen LogP contribution is -2.28. The monoisotopic (exact) mass is 355 g/mol. The van der Waals surface area contributed by atoms with Crippen molar-refractivity contribution in [2.45, 2.75) is 20.4 Å². The van der Waals surface area contributed by atoms with E-state index >= 15 is 0 Å². The number of aryl methyl sites for hydroxylation is 2. The molecule has 6 heteroatoms. The van der Waals surface area contributed by atoms with E-state index in [0.717, 1.165) is 16.7 Å². The Balaban J connectivity index is 1.80. The molecule has 0 aliphatic heterocycles. The first-order valence-electron chi connectivity index (χ1n) is 8.09. The summed E-state index contributed by atoms with van der Waals surface area (Å²) < 4.78 is 9.65. The summed E-state index contributed by atoms with van der Waals surface area (Å²) in [6, 6.07) is 11.9. The van der Waals surface area contributed by atoms with E-state index in [4.69, 9.17) is 4.74 Å². The van der Waals surface area contributed by atoms with E-state index < -0.39 is 17.8 Å². The summed E-state index contributed by atoms with van der Waals surface area (Å²) in [5.74, 6) is -1.36. The lowest BCUT2D eigenvalue weighted by atomic mass is 10.1. The number of methoxy groups -OCH3 is 1. The molecule has 0 spiro atoms. The fourth-order valence-electron chi connectivity index (χ4n) is 2.21. The maximum Gasteiger partial charge on any atom is 0.338 e. The zero-order valence-electron chi connectivity index (χ0n) is 15.0. The first kappa shape index (κ1) is 19.2. The summed E-state index contributed by atoms with van der Waals surface area (Å²) in [4.78, 5) is 35.2. The van der Waals surface area contributed by atoms with Crippen molar-refractivity contribution in [3.05, 3.63) is 70.3 Å². The van der Waals surface area contributed by atoms with Crippen LogP contribution >= 0.6 is 0 Å². The third-order valence-corrected chi connectivity index (χ3v) is 3.94. The summed E-state index contributed by atoms with van der Waals surface area (Å²) in [5, 5.41) is 2.66. The van der Waals surface area contributed by atoms with E-state index in [2.05, 4.69) is 10.1 Å². The highest BCUT2D eigenvalue weighted by atomic mass is 16.5. The number of esters is 2. The Morgan fingerprint density at radius 3 is 2.15 bits per heavy atom. The molecular formula is C20H21NO5. The average molecular weight is 355 g/mol. The highest BCUT2D eigenvalue weighted by molar-refractivity contribution is 5.91. The molecule has 0 saturated heterocycles. The molecule has 2 aromatic rings. The minimum absolute atomic E-state index is 0.265. The summed E-state index contributed by atoms with van der Waals surface area (Å²) in [5.41, 5.74) is 3.73. The molecule has 0 heterocycles. The van der Waals surface area contributed by atoms with Crippen molar-refractivity contribution >= 4 is 17.8 Å². The van der Waals surface area contributed by atoms with Crippen LogP contribution < -0.4 is 5.32 Å². The van der Waals surface area contributed by atoms with Crippen LogP contribution in [0.4, 0.5) is 0 Å². The second-order valence-corrected chi connectivity index (χ2v) is 5.84. The first-order valence-corrected chi connectivity index (χ1v) is 8.09. The molecule has 6 nitrogen and oxygen atoms in total. The molecule has 1 N–H and O–H groups in total. The van der Waals surface area contributed by atoms with Crippen LogP contribution in [0.2, 0.25) is 0 Å². The van der Waals surface area contributed by atoms with Gasteiger partial charge in [-0.25, -0.2) is 9.59 Å². The van der Waals surface area contributed by atoms with E-state index in [-0.39, 0.29) is 13.2 Å². The van der Waals surface area contributed by atoms with Gasteiger partial charge in [0, 0.05) is 6.54 Å². The van der Waals surface area contributed by atoms with Gasteiger partial charge in [0.05, 0.1) is 18.2 Å². The maximum absolute atomic E-state index is 12.0. The quantitative estimate of drug-likeness (QED) is 0.806. The minimum atomic E-state index is -0.536. The van der Waals surface area contributed by atoms with Crippen molar-refractivity contribution in [2.24, 2.45) is 0 Å². The highest BCUT2D eigenvalue weighted by Gasteiger charge is 2.11. The lowest BCUT2D eigenvalue weighted by Gasteiger charge is -2.08. The third kappa shape index (κ3) is 5.17. The van der Waals surface area contributed by atoms with E-state index in [1.807, 2.05) is 19.9 Å². The maximum atomic E-state index is 12.0. The van der Waals surface area contributed by atoms with E-state index in [1.165, 1.54) is 7.11 Å². The van der Waals surface area contributed by atoms with Crippen LogP contribution in [-0.4, -0.2) is 31.6 Å². The Morgan fingerprint density at radius 2 is 1.54 bits per heavy atom. The molecule has 0 aliphatic carbocycles. The number of carbonyl (C=O) groups excluding carboxylic acids is 3. The Bertz CT molecular complexity index is 811. The first-order chi connectivity index (χ1) is 12.4. The molecule has 0 aromatic heterocycles. The summed E-state index contributed by atoms with van der Waals surface area (Å²) in [6.07, 6.45) is 0. The van der Waals surface area contributed by atoms with Gasteiger partial charge in [-0.3, -0.25) is 4.79 Å². The number of ether oxygens (including phenoxy) is 2. The van der Waals surface area contributed by atoms with E-state index in [9.17, 15) is 14.4 Å². The number of amides is 1. The molecule has 2 rings (SSSR count). The molecular weight excluding hydrogens is 334 g/mol. The second kappa shape index (κ2) is 8.80. The van der Waals surface area contributed by atoms with Crippen molar-refractivity contribution in [1.82, 2.24) is 5.32 Å². The van der Waals surface area contributed by atoms with Crippen LogP contribution in [0.5, 0.6) is 0 Å². The molecule has 0 bridgehead atoms. The SMILES string of the molecule is COC(=O)c1ccc(CNC(=O)COC(=O)c2ccc(C)c(C)c2)cc1. The summed E-state index contributed by atoms with van der Waals surface area (Å²) >= 11 is 0. The molecule has 26 heavy (non-hydrogen) atoms. The van der Waals surface area contributed by atoms with Gasteiger partial charge in [-0.15, -0.1) is 0 Å². The number of hydrogen-bond donors (Lipinski definition) is 1. The van der Waals surface area contributed by atoms with Crippen LogP contribution in [0, 0.1) is 13.8 Å². The molecule has 136 valence electrons. The zero-order chi connectivity index (χ0) is 19.1. The molecule has 1 amide bonds. The largest absolute Gasteiger partial charge is 0.465 e. The Kier molecular flexibility index (Phi) is 6.49. The molecule has 0 aliphatic rings. The van der Waals surface area contributed by atoms with Gasteiger partial charge in [0.25, 0.3) is 5.91 Å². The summed E-state index contributed by atoms with van der Waals surface area (Å²) in [7, 11) is 1.32. The highest BCUT2D eigenvalue weighted by Crippen LogP contribution is 2.11. The number of nitrogens with one attached hydrogen (secondary N) is 1. The Morgan fingerprint density at radius 1 is 0.885 bits per heavy atom. The zero-order valence-corrected chi connectivity index (χ0v) is 15.0. The second-order valence-electron chi connectivity index (χ2n) is 5.84. The van der Waals surface area contributed by atoms with Crippen LogP contribution in [0.15, 0.2) is 42.5 Å². The molecule has 0 atom stereocenters. The van der Waals surface area contributed by atoms with E-state index in [1.54, 1.807) is 36.4 Å². The predicted molar refractivity (Wildman–Crippen MR) is 95.8 cm³/mol. The van der Waals surface area contributed by atoms with Gasteiger partial charge >= 0.3 is 11.9 Å². The van der Waals surface area contributed by atoms with Crippen molar-refractivity contribution < 1.29 is 23.9 Å². The van der Waals surface area contributed by atoms with Crippen molar-refractivity contribution in [3.8, 4) is 0 Å². The topological polar surface area (TPSA) is 81.7 Å². The summed E-state index contributed by atoms with van der Waals surface area (Å²) in [6.45, 7) is 3.77. The fourth-order valence-corrected chi connectivity index (χ4v) is 2.21. The molecule has 0 radical (unpaired) electrons. The smallest absolute Gasteiger partial charge is 0.338 e. The van der Waals surface area contributed by atoms with Crippen molar-refractivity contribution in [3.63, 3.8) is 0 Å². The average Bonchev–Trinajstić information content (AvgIpc) is 2.66. The van der Waals surface area contributed by atoms with Crippen LogP contribution in [-0.2, 0) is 20.8 Å². The predicted octanol–water partition coefficient (Wildman–Crippen LogP) is 2.56. The van der Waals surface area contributed by atoms with Gasteiger partial charge in [0.2, 0.25) is 0 Å². The van der Waals surface area contributed by atoms with Crippen LogP contribution in [0.25, 0.3) is 0 Å². The normalized spacial score (nSPS) is 10.1. The van der Waals surface area contributed by atoms with Crippen molar-refractivity contribution in [2.75, 3.05) is 13.7 Å². The Labute approximate surface area is 152 Å². The van der Waals surface area contributed by atoms with Gasteiger partial charge in [0.15, 0.2) is 6.61 Å². The molecule has 2 aromatic carbocycles. The number of carbonyl (C=O) groups is 3. The van der Waals surface area contributed by atoms with Gasteiger partial charge in [-0.2, -0.15) is 0 Å².